The maximum atomic E-state index is 12.3. The third-order valence-electron chi connectivity index (χ3n) is 3.47. The number of thiazole rings is 1. The first-order valence-electron chi connectivity index (χ1n) is 7.20. The number of phenols is 1. The molecule has 1 amide bonds. The molecule has 0 aliphatic rings. The number of aromatic nitrogens is 1. The molecule has 0 saturated carbocycles. The van der Waals surface area contributed by atoms with Crippen molar-refractivity contribution >= 4 is 28.9 Å². The van der Waals surface area contributed by atoms with E-state index in [1.165, 1.54) is 36.6 Å². The maximum absolute atomic E-state index is 12.3. The number of carbonyl (C=O) groups excluding carboxylic acids is 2. The summed E-state index contributed by atoms with van der Waals surface area (Å²) in [6, 6.07) is 4.04. The molecular weight excluding hydrogens is 412 g/mol. The second kappa shape index (κ2) is 8.93. The minimum atomic E-state index is -0.656. The Kier molecular flexibility index (Phi) is 7.53. The molecule has 1 aromatic carbocycles. The molecule has 3 N–H and O–H groups in total. The molecule has 9 heteroatoms. The van der Waals surface area contributed by atoms with Gasteiger partial charge in [-0.15, -0.1) is 0 Å². The number of aliphatic hydroxyl groups is 1. The van der Waals surface area contributed by atoms with Crippen LogP contribution in [0.25, 0.3) is 0 Å². The molecule has 1 atom stereocenters. The molecule has 136 valence electrons. The summed E-state index contributed by atoms with van der Waals surface area (Å²) in [6.07, 6.45) is -0.595. The van der Waals surface area contributed by atoms with Gasteiger partial charge in [0.05, 0.1) is 24.5 Å². The lowest BCUT2D eigenvalue weighted by Gasteiger charge is -2.09. The van der Waals surface area contributed by atoms with Crippen molar-refractivity contribution in [2.75, 3.05) is 12.4 Å². The topological polar surface area (TPSA) is 99.7 Å². The molecule has 7 nitrogen and oxygen atoms in total. The van der Waals surface area contributed by atoms with E-state index in [9.17, 15) is 19.8 Å². The highest BCUT2D eigenvalue weighted by Crippen LogP contribution is 2.22. The van der Waals surface area contributed by atoms with Gasteiger partial charge < -0.3 is 37.2 Å². The van der Waals surface area contributed by atoms with Crippen molar-refractivity contribution in [3.63, 3.8) is 0 Å². The fraction of sp³-hybridized carbons (Fsp3) is 0.312. The van der Waals surface area contributed by atoms with Crippen LogP contribution in [0.2, 0.25) is 0 Å². The van der Waals surface area contributed by atoms with Crippen molar-refractivity contribution in [2.45, 2.75) is 26.5 Å². The quantitative estimate of drug-likeness (QED) is 0.305. The summed E-state index contributed by atoms with van der Waals surface area (Å²) >= 11 is 1.37. The van der Waals surface area contributed by atoms with Gasteiger partial charge in [-0.25, -0.2) is 4.79 Å². The number of anilines is 1. The number of methoxy groups -OCH3 is 1. The Morgan fingerprint density at radius 2 is 2.08 bits per heavy atom. The van der Waals surface area contributed by atoms with E-state index in [2.05, 4.69) is 10.1 Å². The number of amides is 1. The Bertz CT molecular complexity index is 776. The predicted molar refractivity (Wildman–Crippen MR) is 88.0 cm³/mol. The Balaban J connectivity index is 0.00000312. The summed E-state index contributed by atoms with van der Waals surface area (Å²) < 4.78 is 6.37. The van der Waals surface area contributed by atoms with Gasteiger partial charge in [0.2, 0.25) is 12.1 Å². The number of phenolic OH excluding ortho intramolecular Hbond substituents is 1. The summed E-state index contributed by atoms with van der Waals surface area (Å²) in [7, 11) is 1.22. The highest BCUT2D eigenvalue weighted by Gasteiger charge is 2.22. The van der Waals surface area contributed by atoms with E-state index in [0.29, 0.717) is 0 Å². The molecular formula is C16H19BrN2O5S. The number of esters is 1. The van der Waals surface area contributed by atoms with Crippen molar-refractivity contribution in [2.24, 2.45) is 0 Å². The van der Waals surface area contributed by atoms with E-state index in [0.717, 1.165) is 10.6 Å². The molecule has 0 saturated heterocycles. The van der Waals surface area contributed by atoms with Crippen molar-refractivity contribution in [1.29, 1.82) is 0 Å². The number of ether oxygens (including phenoxy) is 1. The van der Waals surface area contributed by atoms with Crippen molar-refractivity contribution < 1.29 is 46.1 Å². The number of halogens is 1. The zero-order valence-electron chi connectivity index (χ0n) is 13.9. The number of benzene rings is 1. The van der Waals surface area contributed by atoms with Gasteiger partial charge >= 0.3 is 5.97 Å². The van der Waals surface area contributed by atoms with Crippen LogP contribution in [0.15, 0.2) is 23.7 Å². The van der Waals surface area contributed by atoms with Crippen LogP contribution < -0.4 is 26.9 Å². The first kappa shape index (κ1) is 21.1. The van der Waals surface area contributed by atoms with Crippen LogP contribution in [0.1, 0.15) is 34.0 Å². The lowest BCUT2D eigenvalue weighted by atomic mass is 10.1. The Morgan fingerprint density at radius 1 is 1.40 bits per heavy atom. The number of hydrogen-bond donors (Lipinski definition) is 3. The fourth-order valence-electron chi connectivity index (χ4n) is 2.25. The van der Waals surface area contributed by atoms with Crippen molar-refractivity contribution in [3.8, 4) is 5.75 Å². The van der Waals surface area contributed by atoms with Crippen LogP contribution in [0.5, 0.6) is 5.75 Å². The number of nitrogens with one attached hydrogen (secondary N) is 1. The number of aromatic hydroxyl groups is 1. The van der Waals surface area contributed by atoms with Crippen molar-refractivity contribution in [1.82, 2.24) is 0 Å². The molecule has 1 heterocycles. The highest BCUT2D eigenvalue weighted by atomic mass is 79.9. The van der Waals surface area contributed by atoms with Crippen LogP contribution >= 0.6 is 11.3 Å². The van der Waals surface area contributed by atoms with Gasteiger partial charge in [0.15, 0.2) is 5.69 Å². The van der Waals surface area contributed by atoms with E-state index >= 15 is 0 Å². The lowest BCUT2D eigenvalue weighted by molar-refractivity contribution is -0.685. The largest absolute Gasteiger partial charge is 1.00 e. The highest BCUT2D eigenvalue weighted by molar-refractivity contribution is 7.09. The third-order valence-corrected chi connectivity index (χ3v) is 4.72. The summed E-state index contributed by atoms with van der Waals surface area (Å²) in [5.41, 5.74) is 2.90. The van der Waals surface area contributed by atoms with Gasteiger partial charge in [-0.2, -0.15) is 4.57 Å². The predicted octanol–water partition coefficient (Wildman–Crippen LogP) is -1.47. The molecule has 2 rings (SSSR count). The standard InChI is InChI=1S/C16H18N2O5S.BrH/c1-9-15(10(2)19)24-8-18(9)7-14(21)17-13-5-4-11(20)6-12(13)16(22)23-3;/h4-6,8,10,19H,7H2,1-3H3,(H-,17,20,21,22);1H. The smallest absolute Gasteiger partial charge is 0.340 e. The number of hydrogen-bond acceptors (Lipinski definition) is 6. The molecule has 0 bridgehead atoms. The average Bonchev–Trinajstić information content (AvgIpc) is 2.89. The van der Waals surface area contributed by atoms with E-state index in [-0.39, 0.29) is 46.4 Å². The zero-order valence-corrected chi connectivity index (χ0v) is 16.3. The van der Waals surface area contributed by atoms with Gasteiger partial charge in [0, 0.05) is 6.92 Å². The van der Waals surface area contributed by atoms with Crippen molar-refractivity contribution in [3.05, 3.63) is 39.8 Å². The molecule has 25 heavy (non-hydrogen) atoms. The Morgan fingerprint density at radius 3 is 2.64 bits per heavy atom. The minimum absolute atomic E-state index is 0. The number of nitrogens with zero attached hydrogens (tertiary/aromatic N) is 1. The Labute approximate surface area is 159 Å². The second-order valence-corrected chi connectivity index (χ2v) is 6.13. The van der Waals surface area contributed by atoms with Crippen LogP contribution in [0, 0.1) is 6.92 Å². The Hall–Kier alpha value is -1.97. The summed E-state index contributed by atoms with van der Waals surface area (Å²) in [5.74, 6) is -1.09. The van der Waals surface area contributed by atoms with Gasteiger partial charge in [0.25, 0.3) is 5.91 Å². The second-order valence-electron chi connectivity index (χ2n) is 5.25. The van der Waals surface area contributed by atoms with E-state index in [1.807, 2.05) is 6.92 Å². The summed E-state index contributed by atoms with van der Waals surface area (Å²) in [4.78, 5) is 24.8. The molecule has 0 aliphatic carbocycles. The summed E-state index contributed by atoms with van der Waals surface area (Å²) in [6.45, 7) is 3.53. The van der Waals surface area contributed by atoms with Crippen LogP contribution in [0.4, 0.5) is 5.69 Å². The van der Waals surface area contributed by atoms with Crippen LogP contribution in [0.3, 0.4) is 0 Å². The lowest BCUT2D eigenvalue weighted by Crippen LogP contribution is -3.00. The monoisotopic (exact) mass is 430 g/mol. The van der Waals surface area contributed by atoms with Crippen LogP contribution in [-0.2, 0) is 16.1 Å². The first-order valence-corrected chi connectivity index (χ1v) is 8.08. The number of carbonyl (C=O) groups is 2. The molecule has 0 spiro atoms. The fourth-order valence-corrected chi connectivity index (χ4v) is 3.21. The minimum Gasteiger partial charge on any atom is -1.00 e. The van der Waals surface area contributed by atoms with Crippen LogP contribution in [-0.4, -0.2) is 29.2 Å². The van der Waals surface area contributed by atoms with Gasteiger partial charge in [-0.05, 0) is 25.1 Å². The number of aliphatic hydroxyl groups excluding tert-OH is 1. The normalized spacial score (nSPS) is 11.4. The number of rotatable bonds is 5. The summed E-state index contributed by atoms with van der Waals surface area (Å²) in [5, 5.41) is 21.8. The molecule has 0 fully saturated rings. The molecule has 1 aromatic heterocycles. The zero-order chi connectivity index (χ0) is 17.9. The van der Waals surface area contributed by atoms with Gasteiger partial charge in [-0.3, -0.25) is 4.79 Å². The van der Waals surface area contributed by atoms with Gasteiger partial charge in [-0.1, -0.05) is 11.3 Å². The molecule has 0 aliphatic heterocycles. The molecule has 0 radical (unpaired) electrons. The first-order chi connectivity index (χ1) is 11.3. The van der Waals surface area contributed by atoms with Gasteiger partial charge in [0.1, 0.15) is 10.6 Å². The van der Waals surface area contributed by atoms with E-state index in [1.54, 1.807) is 17.0 Å². The maximum Gasteiger partial charge on any atom is 0.340 e. The SMILES string of the molecule is COC(=O)c1cc(O)ccc1NC(=O)C[n+]1csc(C(C)O)c1C.[Br-]. The molecule has 2 aromatic rings. The third kappa shape index (κ3) is 5.00. The van der Waals surface area contributed by atoms with E-state index < -0.39 is 12.1 Å². The average molecular weight is 431 g/mol. The molecule has 1 unspecified atom stereocenters. The van der Waals surface area contributed by atoms with E-state index in [4.69, 9.17) is 0 Å².